The van der Waals surface area contributed by atoms with E-state index >= 15 is 0 Å². The van der Waals surface area contributed by atoms with Crippen molar-refractivity contribution < 1.29 is 0 Å². The molecule has 0 spiro atoms. The smallest absolute Gasteiger partial charge is 0.0487 e. The molecule has 1 rings (SSSR count). The van der Waals surface area contributed by atoms with Crippen molar-refractivity contribution >= 4 is 11.6 Å². The fourth-order valence-corrected chi connectivity index (χ4v) is 2.27. The maximum Gasteiger partial charge on any atom is 0.0487 e. The summed E-state index contributed by atoms with van der Waals surface area (Å²) in [6.45, 7) is 4.33. The molecule has 1 aliphatic rings. The summed E-state index contributed by atoms with van der Waals surface area (Å²) in [5, 5.41) is 0.196. The first-order chi connectivity index (χ1) is 6.22. The summed E-state index contributed by atoms with van der Waals surface area (Å²) in [7, 11) is 0. The summed E-state index contributed by atoms with van der Waals surface area (Å²) in [4.78, 5) is 0. The molecule has 76 valence electrons. The lowest BCUT2D eigenvalue weighted by Gasteiger charge is -2.26. The quantitative estimate of drug-likeness (QED) is 0.469. The number of allylic oxidation sites excluding steroid dienone is 2. The van der Waals surface area contributed by atoms with Crippen LogP contribution in [-0.2, 0) is 0 Å². The zero-order valence-corrected chi connectivity index (χ0v) is 9.56. The van der Waals surface area contributed by atoms with Crippen LogP contribution in [0.15, 0.2) is 12.2 Å². The van der Waals surface area contributed by atoms with Gasteiger partial charge in [0.05, 0.1) is 0 Å². The van der Waals surface area contributed by atoms with E-state index in [4.69, 9.17) is 11.6 Å². The molecule has 13 heavy (non-hydrogen) atoms. The first-order valence-corrected chi connectivity index (χ1v) is 5.98. The van der Waals surface area contributed by atoms with Gasteiger partial charge in [-0.3, -0.25) is 0 Å². The summed E-state index contributed by atoms with van der Waals surface area (Å²) in [5.74, 6) is 1.77. The zero-order chi connectivity index (χ0) is 9.68. The molecule has 0 aromatic carbocycles. The Kier molecular flexibility index (Phi) is 4.87. The second-order valence-electron chi connectivity index (χ2n) is 4.26. The highest BCUT2D eigenvalue weighted by atomic mass is 35.5. The Labute approximate surface area is 87.4 Å². The van der Waals surface area contributed by atoms with E-state index in [0.29, 0.717) is 0 Å². The van der Waals surface area contributed by atoms with Crippen molar-refractivity contribution in [2.45, 2.75) is 51.3 Å². The van der Waals surface area contributed by atoms with Crippen molar-refractivity contribution in [2.24, 2.45) is 11.8 Å². The highest BCUT2D eigenvalue weighted by molar-refractivity contribution is 6.21. The highest BCUT2D eigenvalue weighted by Crippen LogP contribution is 2.31. The van der Waals surface area contributed by atoms with E-state index in [1.807, 2.05) is 6.92 Å². The molecule has 0 aliphatic heterocycles. The van der Waals surface area contributed by atoms with Crippen LogP contribution in [0.3, 0.4) is 0 Å². The van der Waals surface area contributed by atoms with Gasteiger partial charge in [0.15, 0.2) is 0 Å². The van der Waals surface area contributed by atoms with Gasteiger partial charge in [0.2, 0.25) is 0 Å². The SMILES string of the molecule is CCC1CCCC(/C=C/C(C)Cl)C1. The molecule has 1 aliphatic carbocycles. The summed E-state index contributed by atoms with van der Waals surface area (Å²) < 4.78 is 0. The predicted octanol–water partition coefficient (Wildman–Crippen LogP) is 4.39. The molecule has 0 nitrogen and oxygen atoms in total. The molecule has 0 amide bonds. The Morgan fingerprint density at radius 1 is 1.46 bits per heavy atom. The molecule has 0 saturated heterocycles. The van der Waals surface area contributed by atoms with Gasteiger partial charge in [0.1, 0.15) is 0 Å². The lowest BCUT2D eigenvalue weighted by Crippen LogP contribution is -2.13. The first kappa shape index (κ1) is 11.1. The normalized spacial score (nSPS) is 32.2. The largest absolute Gasteiger partial charge is 0.119 e. The topological polar surface area (TPSA) is 0 Å². The predicted molar refractivity (Wildman–Crippen MR) is 60.2 cm³/mol. The lowest BCUT2D eigenvalue weighted by molar-refractivity contribution is 0.297. The maximum absolute atomic E-state index is 5.88. The van der Waals surface area contributed by atoms with Crippen LogP contribution in [0.4, 0.5) is 0 Å². The minimum atomic E-state index is 0.196. The minimum Gasteiger partial charge on any atom is -0.119 e. The standard InChI is InChI=1S/C12H21Cl/c1-3-11-5-4-6-12(9-11)8-7-10(2)13/h7-8,10-12H,3-6,9H2,1-2H3/b8-7+. The number of hydrogen-bond acceptors (Lipinski definition) is 0. The molecule has 3 atom stereocenters. The highest BCUT2D eigenvalue weighted by Gasteiger charge is 2.18. The number of halogens is 1. The van der Waals surface area contributed by atoms with E-state index in [-0.39, 0.29) is 5.38 Å². The number of rotatable bonds is 3. The van der Waals surface area contributed by atoms with Gasteiger partial charge in [0.25, 0.3) is 0 Å². The van der Waals surface area contributed by atoms with Crippen LogP contribution in [0.25, 0.3) is 0 Å². The van der Waals surface area contributed by atoms with Crippen LogP contribution < -0.4 is 0 Å². The van der Waals surface area contributed by atoms with Gasteiger partial charge in [-0.1, -0.05) is 38.3 Å². The van der Waals surface area contributed by atoms with E-state index in [9.17, 15) is 0 Å². The van der Waals surface area contributed by atoms with E-state index in [2.05, 4.69) is 19.1 Å². The third kappa shape index (κ3) is 4.17. The molecule has 1 fully saturated rings. The summed E-state index contributed by atoms with van der Waals surface area (Å²) >= 11 is 5.88. The average molecular weight is 201 g/mol. The second kappa shape index (κ2) is 5.70. The van der Waals surface area contributed by atoms with Gasteiger partial charge in [-0.25, -0.2) is 0 Å². The van der Waals surface area contributed by atoms with Gasteiger partial charge in [-0.15, -0.1) is 11.6 Å². The molecule has 0 radical (unpaired) electrons. The molecule has 0 aromatic heterocycles. The van der Waals surface area contributed by atoms with Gasteiger partial charge in [-0.05, 0) is 31.6 Å². The molecule has 1 heteroatoms. The van der Waals surface area contributed by atoms with Crippen molar-refractivity contribution in [3.8, 4) is 0 Å². The van der Waals surface area contributed by atoms with Gasteiger partial charge < -0.3 is 0 Å². The van der Waals surface area contributed by atoms with Crippen molar-refractivity contribution in [1.29, 1.82) is 0 Å². The number of alkyl halides is 1. The molecular weight excluding hydrogens is 180 g/mol. The third-order valence-electron chi connectivity index (χ3n) is 3.05. The molecule has 0 aromatic rings. The Bertz CT molecular complexity index is 161. The van der Waals surface area contributed by atoms with E-state index in [1.54, 1.807) is 0 Å². The van der Waals surface area contributed by atoms with Crippen LogP contribution in [0.1, 0.15) is 46.0 Å². The zero-order valence-electron chi connectivity index (χ0n) is 8.80. The average Bonchev–Trinajstić information content (AvgIpc) is 2.15. The fourth-order valence-electron chi connectivity index (χ4n) is 2.19. The Balaban J connectivity index is 2.33. The van der Waals surface area contributed by atoms with Crippen molar-refractivity contribution in [1.82, 2.24) is 0 Å². The molecular formula is C12H21Cl. The third-order valence-corrected chi connectivity index (χ3v) is 3.19. The second-order valence-corrected chi connectivity index (χ2v) is 4.95. The van der Waals surface area contributed by atoms with Crippen LogP contribution in [0, 0.1) is 11.8 Å². The van der Waals surface area contributed by atoms with Crippen molar-refractivity contribution in [3.05, 3.63) is 12.2 Å². The van der Waals surface area contributed by atoms with Crippen molar-refractivity contribution in [3.63, 3.8) is 0 Å². The summed E-state index contributed by atoms with van der Waals surface area (Å²) in [6, 6.07) is 0. The molecule has 0 N–H and O–H groups in total. The molecule has 0 heterocycles. The van der Waals surface area contributed by atoms with Crippen molar-refractivity contribution in [2.75, 3.05) is 0 Å². The molecule has 0 bridgehead atoms. The lowest BCUT2D eigenvalue weighted by atomic mass is 9.80. The molecule has 3 unspecified atom stereocenters. The Morgan fingerprint density at radius 2 is 2.23 bits per heavy atom. The van der Waals surface area contributed by atoms with Crippen LogP contribution >= 0.6 is 11.6 Å². The van der Waals surface area contributed by atoms with E-state index < -0.39 is 0 Å². The van der Waals surface area contributed by atoms with E-state index in [0.717, 1.165) is 11.8 Å². The molecule has 1 saturated carbocycles. The minimum absolute atomic E-state index is 0.196. The van der Waals surface area contributed by atoms with Crippen LogP contribution in [0.2, 0.25) is 0 Å². The maximum atomic E-state index is 5.88. The number of hydrogen-bond donors (Lipinski definition) is 0. The Morgan fingerprint density at radius 3 is 2.85 bits per heavy atom. The fraction of sp³-hybridized carbons (Fsp3) is 0.833. The monoisotopic (exact) mass is 200 g/mol. The first-order valence-electron chi connectivity index (χ1n) is 5.54. The summed E-state index contributed by atoms with van der Waals surface area (Å²) in [6.07, 6.45) is 11.4. The van der Waals surface area contributed by atoms with Gasteiger partial charge in [0, 0.05) is 5.38 Å². The Hall–Kier alpha value is 0.0300. The van der Waals surface area contributed by atoms with Crippen LogP contribution in [-0.4, -0.2) is 5.38 Å². The van der Waals surface area contributed by atoms with Gasteiger partial charge in [-0.2, -0.15) is 0 Å². The summed E-state index contributed by atoms with van der Waals surface area (Å²) in [5.41, 5.74) is 0. The van der Waals surface area contributed by atoms with E-state index in [1.165, 1.54) is 32.1 Å². The van der Waals surface area contributed by atoms with Gasteiger partial charge >= 0.3 is 0 Å². The van der Waals surface area contributed by atoms with Crippen LogP contribution in [0.5, 0.6) is 0 Å².